The van der Waals surface area contributed by atoms with Crippen LogP contribution in [-0.4, -0.2) is 4.57 Å². The van der Waals surface area contributed by atoms with Crippen LogP contribution in [0.15, 0.2) is 267 Å². The summed E-state index contributed by atoms with van der Waals surface area (Å²) in [6.07, 6.45) is 0. The van der Waals surface area contributed by atoms with Crippen molar-refractivity contribution in [1.29, 1.82) is 0 Å². The first-order chi connectivity index (χ1) is 32.7. The molecule has 0 fully saturated rings. The maximum Gasteiger partial charge on any atom is 0.0547 e. The Morgan fingerprint density at radius 1 is 0.258 bits per heavy atom. The number of rotatable bonds is 9. The van der Waals surface area contributed by atoms with E-state index >= 15 is 0 Å². The number of hydrogen-bond acceptors (Lipinski definition) is 1. The molecule has 66 heavy (non-hydrogen) atoms. The van der Waals surface area contributed by atoms with Crippen molar-refractivity contribution in [2.75, 3.05) is 4.90 Å². The van der Waals surface area contributed by atoms with E-state index in [-0.39, 0.29) is 0 Å². The second kappa shape index (κ2) is 16.8. The average molecular weight is 841 g/mol. The highest BCUT2D eigenvalue weighted by Gasteiger charge is 2.19. The zero-order valence-corrected chi connectivity index (χ0v) is 36.3. The van der Waals surface area contributed by atoms with Gasteiger partial charge in [0.15, 0.2) is 0 Å². The molecule has 310 valence electrons. The molecule has 0 saturated heterocycles. The maximum atomic E-state index is 2.42. The van der Waals surface area contributed by atoms with E-state index in [9.17, 15) is 0 Å². The Labute approximate surface area is 385 Å². The summed E-state index contributed by atoms with van der Waals surface area (Å²) in [7, 11) is 0. The third kappa shape index (κ3) is 7.21. The minimum atomic E-state index is 1.08. The molecular formula is C64H44N2. The zero-order chi connectivity index (χ0) is 43.8. The van der Waals surface area contributed by atoms with Crippen LogP contribution < -0.4 is 4.90 Å². The Morgan fingerprint density at radius 3 is 1.18 bits per heavy atom. The third-order valence-electron chi connectivity index (χ3n) is 13.0. The van der Waals surface area contributed by atoms with Crippen LogP contribution in [0.4, 0.5) is 17.1 Å². The van der Waals surface area contributed by atoms with Gasteiger partial charge in [-0.2, -0.15) is 0 Å². The van der Waals surface area contributed by atoms with Crippen LogP contribution in [0.5, 0.6) is 0 Å². The number of anilines is 3. The molecule has 0 atom stereocenters. The van der Waals surface area contributed by atoms with Gasteiger partial charge in [0.25, 0.3) is 0 Å². The van der Waals surface area contributed by atoms with Crippen molar-refractivity contribution >= 4 is 49.6 Å². The lowest BCUT2D eigenvalue weighted by Crippen LogP contribution is -2.10. The summed E-state index contributed by atoms with van der Waals surface area (Å²) in [6, 6.07) is 96.8. The van der Waals surface area contributed by atoms with Crippen LogP contribution in [0.1, 0.15) is 0 Å². The molecule has 0 spiro atoms. The van der Waals surface area contributed by atoms with Crippen molar-refractivity contribution in [2.45, 2.75) is 0 Å². The van der Waals surface area contributed by atoms with E-state index in [0.717, 1.165) is 28.3 Å². The fourth-order valence-corrected chi connectivity index (χ4v) is 9.69. The topological polar surface area (TPSA) is 8.17 Å². The number of para-hydroxylation sites is 1. The molecule has 0 unspecified atom stereocenters. The normalized spacial score (nSPS) is 11.3. The molecular weight excluding hydrogens is 797 g/mol. The van der Waals surface area contributed by atoms with Gasteiger partial charge in [0.1, 0.15) is 0 Å². The van der Waals surface area contributed by atoms with E-state index in [0.29, 0.717) is 0 Å². The highest BCUT2D eigenvalue weighted by molar-refractivity contribution is 6.18. The smallest absolute Gasteiger partial charge is 0.0547 e. The van der Waals surface area contributed by atoms with Gasteiger partial charge in [-0.1, -0.05) is 200 Å². The quantitative estimate of drug-likeness (QED) is 0.141. The fraction of sp³-hybridized carbons (Fsp3) is 0. The molecule has 0 aliphatic heterocycles. The van der Waals surface area contributed by atoms with Crippen molar-refractivity contribution in [1.82, 2.24) is 4.57 Å². The van der Waals surface area contributed by atoms with E-state index in [1.165, 1.54) is 82.6 Å². The molecule has 0 aliphatic rings. The average Bonchev–Trinajstić information content (AvgIpc) is 3.72. The van der Waals surface area contributed by atoms with Crippen LogP contribution in [-0.2, 0) is 0 Å². The highest BCUT2D eigenvalue weighted by Crippen LogP contribution is 2.43. The van der Waals surface area contributed by atoms with Crippen LogP contribution in [0.25, 0.3) is 93.9 Å². The SMILES string of the molecule is c1ccc(-c2ccc(-c3ccc(N(c4ccc(-c5ccc(-c6ccccc6)cc5)cc4)c4cccc(-c5cccc6c5c5cc7ccccc7cc5n6-c5ccccc5)c4)cc3)cc2)cc1. The lowest BCUT2D eigenvalue weighted by atomic mass is 9.97. The first-order valence-electron chi connectivity index (χ1n) is 22.7. The Kier molecular flexibility index (Phi) is 9.89. The number of nitrogens with zero attached hydrogens (tertiary/aromatic N) is 2. The van der Waals surface area contributed by atoms with Crippen molar-refractivity contribution in [3.8, 4) is 61.3 Å². The second-order valence-corrected chi connectivity index (χ2v) is 17.0. The molecule has 12 aromatic rings. The zero-order valence-electron chi connectivity index (χ0n) is 36.3. The first kappa shape index (κ1) is 38.9. The second-order valence-electron chi connectivity index (χ2n) is 17.0. The predicted molar refractivity (Wildman–Crippen MR) is 280 cm³/mol. The van der Waals surface area contributed by atoms with Crippen molar-refractivity contribution in [3.05, 3.63) is 267 Å². The first-order valence-corrected chi connectivity index (χ1v) is 22.7. The maximum absolute atomic E-state index is 2.42. The molecule has 0 radical (unpaired) electrons. The third-order valence-corrected chi connectivity index (χ3v) is 13.0. The molecule has 11 aromatic carbocycles. The van der Waals surface area contributed by atoms with Crippen molar-refractivity contribution in [2.24, 2.45) is 0 Å². The monoisotopic (exact) mass is 840 g/mol. The van der Waals surface area contributed by atoms with E-state index in [4.69, 9.17) is 0 Å². The van der Waals surface area contributed by atoms with Gasteiger partial charge in [-0.05, 0) is 133 Å². The van der Waals surface area contributed by atoms with Crippen LogP contribution in [0.3, 0.4) is 0 Å². The summed E-state index contributed by atoms with van der Waals surface area (Å²) >= 11 is 0. The van der Waals surface area contributed by atoms with Crippen LogP contribution in [0, 0.1) is 0 Å². The van der Waals surface area contributed by atoms with E-state index in [1.807, 2.05) is 0 Å². The standard InChI is InChI=1S/C64H44N2/c1-4-14-45(15-5-1)47-26-30-49(31-27-47)51-34-38-57(39-35-51)65(58-40-36-52(37-41-58)50-32-28-48(29-33-50)46-16-6-2-7-17-46)59-23-12-20-55(42-59)60-24-13-25-62-64(60)61-43-53-18-10-11-19-54(53)44-63(61)66(62)56-21-8-3-9-22-56/h1-44H. The molecule has 0 bridgehead atoms. The number of fused-ring (bicyclic) bond motifs is 4. The molecule has 0 N–H and O–H groups in total. The molecule has 0 saturated carbocycles. The van der Waals surface area contributed by atoms with Gasteiger partial charge in [0.2, 0.25) is 0 Å². The van der Waals surface area contributed by atoms with Gasteiger partial charge in [-0.15, -0.1) is 0 Å². The van der Waals surface area contributed by atoms with Crippen LogP contribution in [0.2, 0.25) is 0 Å². The summed E-state index contributed by atoms with van der Waals surface area (Å²) in [5, 5.41) is 4.95. The lowest BCUT2D eigenvalue weighted by molar-refractivity contribution is 1.18. The summed E-state index contributed by atoms with van der Waals surface area (Å²) in [5.74, 6) is 0. The van der Waals surface area contributed by atoms with Crippen molar-refractivity contribution in [3.63, 3.8) is 0 Å². The van der Waals surface area contributed by atoms with Gasteiger partial charge in [0, 0.05) is 33.5 Å². The lowest BCUT2D eigenvalue weighted by Gasteiger charge is -2.26. The fourth-order valence-electron chi connectivity index (χ4n) is 9.69. The van der Waals surface area contributed by atoms with Gasteiger partial charge >= 0.3 is 0 Å². The van der Waals surface area contributed by atoms with Crippen LogP contribution >= 0.6 is 0 Å². The van der Waals surface area contributed by atoms with E-state index < -0.39 is 0 Å². The minimum Gasteiger partial charge on any atom is -0.310 e. The van der Waals surface area contributed by atoms with Crippen molar-refractivity contribution < 1.29 is 0 Å². The van der Waals surface area contributed by atoms with Gasteiger partial charge < -0.3 is 9.47 Å². The number of benzene rings is 11. The Morgan fingerprint density at radius 2 is 0.667 bits per heavy atom. The minimum absolute atomic E-state index is 1.08. The Bertz CT molecular complexity index is 3500. The predicted octanol–water partition coefficient (Wildman–Crippen LogP) is 17.7. The highest BCUT2D eigenvalue weighted by atomic mass is 15.1. The number of hydrogen-bond donors (Lipinski definition) is 0. The Hall–Kier alpha value is -8.72. The van der Waals surface area contributed by atoms with Gasteiger partial charge in [-0.3, -0.25) is 0 Å². The number of aromatic nitrogens is 1. The molecule has 1 heterocycles. The van der Waals surface area contributed by atoms with Gasteiger partial charge in [-0.25, -0.2) is 0 Å². The van der Waals surface area contributed by atoms with E-state index in [2.05, 4.69) is 276 Å². The Balaban J connectivity index is 0.964. The van der Waals surface area contributed by atoms with E-state index in [1.54, 1.807) is 0 Å². The van der Waals surface area contributed by atoms with Gasteiger partial charge in [0.05, 0.1) is 11.0 Å². The summed E-state index contributed by atoms with van der Waals surface area (Å²) in [5.41, 5.74) is 18.8. The summed E-state index contributed by atoms with van der Waals surface area (Å²) in [6.45, 7) is 0. The largest absolute Gasteiger partial charge is 0.310 e. The molecule has 2 nitrogen and oxygen atoms in total. The molecule has 0 aliphatic carbocycles. The molecule has 0 amide bonds. The summed E-state index contributed by atoms with van der Waals surface area (Å²) < 4.78 is 2.42. The molecule has 12 rings (SSSR count). The molecule has 1 aromatic heterocycles. The summed E-state index contributed by atoms with van der Waals surface area (Å²) in [4.78, 5) is 2.38. The molecule has 2 heteroatoms.